The lowest BCUT2D eigenvalue weighted by Crippen LogP contribution is -2.34. The topological polar surface area (TPSA) is 111 Å². The highest BCUT2D eigenvalue weighted by Gasteiger charge is 2.37. The zero-order chi connectivity index (χ0) is 38.6. The molecule has 3 aromatic rings. The van der Waals surface area contributed by atoms with Crippen LogP contribution < -0.4 is 0 Å². The van der Waals surface area contributed by atoms with Gasteiger partial charge in [0.05, 0.1) is 145 Å². The van der Waals surface area contributed by atoms with Crippen LogP contribution in [0.3, 0.4) is 0 Å². The molecule has 0 heterocycles. The van der Waals surface area contributed by atoms with Gasteiger partial charge in [-0.2, -0.15) is 0 Å². The molecule has 55 heavy (non-hydrogen) atoms. The second-order valence-corrected chi connectivity index (χ2v) is 11.9. The Kier molecular flexibility index (Phi) is 28.2. The fourth-order valence-electron chi connectivity index (χ4n) is 5.37. The molecule has 3 rings (SSSR count). The highest BCUT2D eigenvalue weighted by Crippen LogP contribution is 2.40. The summed E-state index contributed by atoms with van der Waals surface area (Å²) in [5.41, 5.74) is 2.45. The van der Waals surface area contributed by atoms with Gasteiger partial charge in [0.1, 0.15) is 5.60 Å². The number of ether oxygens (including phenoxy) is 12. The monoisotopic (exact) mass is 772 g/mol. The van der Waals surface area contributed by atoms with Gasteiger partial charge in [-0.1, -0.05) is 91.0 Å². The minimum absolute atomic E-state index is 0.416. The molecule has 0 atom stereocenters. The molecule has 0 aromatic heterocycles. The van der Waals surface area contributed by atoms with Crippen LogP contribution in [0.5, 0.6) is 0 Å². The molecule has 0 aliphatic rings. The Labute approximate surface area is 328 Å². The molecule has 0 radical (unpaired) electrons. The maximum absolute atomic E-state index is 6.73. The van der Waals surface area contributed by atoms with Crippen LogP contribution in [0.25, 0.3) is 0 Å². The zero-order valence-electron chi connectivity index (χ0n) is 32.8. The molecule has 0 saturated carbocycles. The van der Waals surface area contributed by atoms with E-state index in [0.717, 1.165) is 16.7 Å². The van der Waals surface area contributed by atoms with Crippen molar-refractivity contribution in [3.63, 3.8) is 0 Å². The Hall–Kier alpha value is -2.82. The van der Waals surface area contributed by atoms with Crippen molar-refractivity contribution in [1.29, 1.82) is 0 Å². The van der Waals surface area contributed by atoms with Crippen LogP contribution in [-0.2, 0) is 62.4 Å². The average molecular weight is 773 g/mol. The van der Waals surface area contributed by atoms with E-state index in [9.17, 15) is 0 Å². The summed E-state index contributed by atoms with van der Waals surface area (Å²) in [6.07, 6.45) is 0. The summed E-state index contributed by atoms with van der Waals surface area (Å²) >= 11 is 0. The average Bonchev–Trinajstić information content (AvgIpc) is 3.23. The van der Waals surface area contributed by atoms with Crippen LogP contribution in [0, 0.1) is 0 Å². The molecule has 0 unspecified atom stereocenters. The Morgan fingerprint density at radius 1 is 0.273 bits per heavy atom. The van der Waals surface area contributed by atoms with E-state index in [4.69, 9.17) is 56.8 Å². The summed E-state index contributed by atoms with van der Waals surface area (Å²) in [5, 5.41) is 0. The van der Waals surface area contributed by atoms with Crippen molar-refractivity contribution in [3.05, 3.63) is 108 Å². The molecule has 0 aliphatic heterocycles. The van der Waals surface area contributed by atoms with Crippen LogP contribution in [0.15, 0.2) is 91.0 Å². The first-order valence-corrected chi connectivity index (χ1v) is 19.5. The lowest BCUT2D eigenvalue weighted by molar-refractivity contribution is -0.0399. The van der Waals surface area contributed by atoms with Gasteiger partial charge >= 0.3 is 0 Å². The molecular formula is C43H64O12. The van der Waals surface area contributed by atoms with Crippen LogP contribution in [0.1, 0.15) is 23.6 Å². The molecule has 12 heteroatoms. The van der Waals surface area contributed by atoms with E-state index >= 15 is 0 Å². The number of hydrogen-bond acceptors (Lipinski definition) is 12. The minimum atomic E-state index is -0.751. The Morgan fingerprint density at radius 3 is 0.691 bits per heavy atom. The molecule has 0 spiro atoms. The van der Waals surface area contributed by atoms with Gasteiger partial charge in [0.25, 0.3) is 0 Å². The first-order chi connectivity index (χ1) is 27.4. The molecule has 0 amide bonds. The van der Waals surface area contributed by atoms with Gasteiger partial charge in [0.2, 0.25) is 0 Å². The SMILES string of the molecule is CCOCCOCCOCCOCCOCCOCCOCCOCCOCCOCCOCCOC(c1ccccc1)(c1ccccc1)c1ccccc1. The Bertz CT molecular complexity index is 1140. The third-order valence-corrected chi connectivity index (χ3v) is 8.01. The summed E-state index contributed by atoms with van der Waals surface area (Å²) in [6.45, 7) is 13.9. The number of rotatable bonds is 38. The minimum Gasteiger partial charge on any atom is -0.379 e. The summed E-state index contributed by atoms with van der Waals surface area (Å²) < 4.78 is 67.4. The highest BCUT2D eigenvalue weighted by molar-refractivity contribution is 5.47. The molecule has 308 valence electrons. The van der Waals surface area contributed by atoms with Gasteiger partial charge in [-0.25, -0.2) is 0 Å². The molecule has 12 nitrogen and oxygen atoms in total. The predicted molar refractivity (Wildman–Crippen MR) is 210 cm³/mol. The fourth-order valence-corrected chi connectivity index (χ4v) is 5.37. The maximum Gasteiger partial charge on any atom is 0.143 e. The van der Waals surface area contributed by atoms with E-state index in [1.807, 2.05) is 61.5 Å². The van der Waals surface area contributed by atoms with Crippen molar-refractivity contribution in [2.24, 2.45) is 0 Å². The van der Waals surface area contributed by atoms with Gasteiger partial charge in [-0.05, 0) is 23.6 Å². The summed E-state index contributed by atoms with van der Waals surface area (Å²) in [5.74, 6) is 0. The first-order valence-electron chi connectivity index (χ1n) is 19.5. The van der Waals surface area contributed by atoms with E-state index in [2.05, 4.69) is 36.4 Å². The molecule has 3 aromatic carbocycles. The van der Waals surface area contributed by atoms with Crippen molar-refractivity contribution in [1.82, 2.24) is 0 Å². The largest absolute Gasteiger partial charge is 0.379 e. The van der Waals surface area contributed by atoms with Gasteiger partial charge in [0, 0.05) is 6.61 Å². The quantitative estimate of drug-likeness (QED) is 0.0565. The molecule has 0 aliphatic carbocycles. The first kappa shape index (κ1) is 46.6. The Morgan fingerprint density at radius 2 is 0.473 bits per heavy atom. The zero-order valence-corrected chi connectivity index (χ0v) is 32.8. The van der Waals surface area contributed by atoms with Crippen molar-refractivity contribution in [2.75, 3.05) is 152 Å². The second-order valence-electron chi connectivity index (χ2n) is 11.9. The van der Waals surface area contributed by atoms with Crippen LogP contribution in [-0.4, -0.2) is 152 Å². The Balaban J connectivity index is 1.05. The van der Waals surface area contributed by atoms with Gasteiger partial charge < -0.3 is 56.8 Å². The smallest absolute Gasteiger partial charge is 0.143 e. The van der Waals surface area contributed by atoms with E-state index < -0.39 is 5.60 Å². The van der Waals surface area contributed by atoms with Crippen LogP contribution >= 0.6 is 0 Å². The number of benzene rings is 3. The van der Waals surface area contributed by atoms with E-state index in [-0.39, 0.29) is 0 Å². The molecule has 0 fully saturated rings. The summed E-state index contributed by atoms with van der Waals surface area (Å²) in [4.78, 5) is 0. The normalized spacial score (nSPS) is 11.7. The van der Waals surface area contributed by atoms with E-state index in [0.29, 0.717) is 152 Å². The van der Waals surface area contributed by atoms with Crippen LogP contribution in [0.4, 0.5) is 0 Å². The third-order valence-electron chi connectivity index (χ3n) is 8.01. The lowest BCUT2D eigenvalue weighted by atomic mass is 9.80. The second kappa shape index (κ2) is 33.3. The van der Waals surface area contributed by atoms with Crippen molar-refractivity contribution >= 4 is 0 Å². The summed E-state index contributed by atoms with van der Waals surface area (Å²) in [6, 6.07) is 31.0. The number of hydrogen-bond donors (Lipinski definition) is 0. The van der Waals surface area contributed by atoms with Gasteiger partial charge in [-0.15, -0.1) is 0 Å². The van der Waals surface area contributed by atoms with E-state index in [1.54, 1.807) is 0 Å². The maximum atomic E-state index is 6.73. The third kappa shape index (κ3) is 21.3. The molecule has 0 bridgehead atoms. The lowest BCUT2D eigenvalue weighted by Gasteiger charge is -2.36. The van der Waals surface area contributed by atoms with Crippen LogP contribution in [0.2, 0.25) is 0 Å². The highest BCUT2D eigenvalue weighted by atomic mass is 16.6. The van der Waals surface area contributed by atoms with Crippen molar-refractivity contribution < 1.29 is 56.8 Å². The van der Waals surface area contributed by atoms with E-state index in [1.165, 1.54) is 0 Å². The molecular weight excluding hydrogens is 708 g/mol. The van der Waals surface area contributed by atoms with Crippen molar-refractivity contribution in [2.45, 2.75) is 12.5 Å². The molecule has 0 saturated heterocycles. The predicted octanol–water partition coefficient (Wildman–Crippen LogP) is 5.20. The van der Waals surface area contributed by atoms with Gasteiger partial charge in [-0.3, -0.25) is 0 Å². The molecule has 0 N–H and O–H groups in total. The standard InChI is InChI=1S/C43H64O12/c1-2-44-18-19-45-20-21-46-22-23-47-24-25-48-26-27-49-28-29-50-30-31-51-32-33-52-34-35-53-36-37-54-38-39-55-43(40-12-6-3-7-13-40,41-14-8-4-9-15-41)42-16-10-5-11-17-42/h3-17H,2,18-39H2,1H3. The van der Waals surface area contributed by atoms with Gasteiger partial charge in [0.15, 0.2) is 0 Å². The fraction of sp³-hybridized carbons (Fsp3) is 0.581. The van der Waals surface area contributed by atoms with Crippen molar-refractivity contribution in [3.8, 4) is 0 Å². The summed E-state index contributed by atoms with van der Waals surface area (Å²) in [7, 11) is 0.